The van der Waals surface area contributed by atoms with Crippen LogP contribution in [0.15, 0.2) is 43.0 Å². The van der Waals surface area contributed by atoms with E-state index in [2.05, 4.69) is 35.2 Å². The third-order valence-electron chi connectivity index (χ3n) is 4.45. The van der Waals surface area contributed by atoms with Crippen LogP contribution in [0.25, 0.3) is 21.9 Å². The topological polar surface area (TPSA) is 111 Å². The Balaban J connectivity index is 1.87. The molecule has 0 spiro atoms. The fraction of sp³-hybridized carbons (Fsp3) is 0.158. The molecule has 10 heteroatoms. The monoisotopic (exact) mass is 405 g/mol. The normalized spacial score (nSPS) is 11.9. The molecule has 4 aromatic heterocycles. The van der Waals surface area contributed by atoms with E-state index < -0.39 is 0 Å². The van der Waals surface area contributed by atoms with Gasteiger partial charge in [-0.25, -0.2) is 24.3 Å². The van der Waals surface area contributed by atoms with Crippen molar-refractivity contribution in [1.82, 2.24) is 29.5 Å². The van der Waals surface area contributed by atoms with Gasteiger partial charge in [0.25, 0.3) is 5.69 Å². The summed E-state index contributed by atoms with van der Waals surface area (Å²) >= 11 is 6.22. The summed E-state index contributed by atoms with van der Waals surface area (Å²) in [5.74, 6) is 0.499. The number of hydrogen-bond acceptors (Lipinski definition) is 7. The number of imidazole rings is 1. The second-order valence-corrected chi connectivity index (χ2v) is 6.57. The number of anilines is 2. The lowest BCUT2D eigenvalue weighted by Gasteiger charge is -2.21. The summed E-state index contributed by atoms with van der Waals surface area (Å²) < 4.78 is 1.56. The Morgan fingerprint density at radius 2 is 2.14 bits per heavy atom. The van der Waals surface area contributed by atoms with Gasteiger partial charge in [0, 0.05) is 11.8 Å². The maximum Gasteiger partial charge on any atom is 0.268 e. The van der Waals surface area contributed by atoms with Crippen molar-refractivity contribution in [3.63, 3.8) is 0 Å². The Morgan fingerprint density at radius 1 is 1.28 bits per heavy atom. The van der Waals surface area contributed by atoms with Crippen molar-refractivity contribution in [3.05, 3.63) is 65.1 Å². The number of nitrogens with zero attached hydrogens (tertiary/aromatic N) is 7. The fourth-order valence-corrected chi connectivity index (χ4v) is 3.21. The first-order valence-corrected chi connectivity index (χ1v) is 9.20. The van der Waals surface area contributed by atoms with Gasteiger partial charge in [-0.15, -0.1) is 0 Å². The molecule has 9 nitrogen and oxygen atoms in total. The van der Waals surface area contributed by atoms with Gasteiger partial charge in [-0.1, -0.05) is 24.6 Å². The summed E-state index contributed by atoms with van der Waals surface area (Å²) in [5, 5.41) is 8.39. The summed E-state index contributed by atoms with van der Waals surface area (Å²) in [5.41, 5.74) is 8.83. The van der Waals surface area contributed by atoms with Crippen LogP contribution in [-0.2, 0) is 0 Å². The van der Waals surface area contributed by atoms with Crippen LogP contribution in [0.2, 0.25) is 5.15 Å². The van der Waals surface area contributed by atoms with Gasteiger partial charge in [0.15, 0.2) is 10.8 Å². The number of nitrogens with one attached hydrogen (secondary N) is 1. The van der Waals surface area contributed by atoms with E-state index in [4.69, 9.17) is 23.9 Å². The highest BCUT2D eigenvalue weighted by atomic mass is 35.5. The molecule has 29 heavy (non-hydrogen) atoms. The Labute approximate surface area is 171 Å². The molecule has 0 saturated carbocycles. The molecule has 0 aliphatic heterocycles. The summed E-state index contributed by atoms with van der Waals surface area (Å²) in [6, 6.07) is 7.29. The SMILES string of the molecule is [C-]#[N+]c1c(N)ncnc1NC(CC)c1cc2ncc(Cl)n2nc1-c1ccccn1. The Bertz CT molecular complexity index is 1210. The molecule has 1 atom stereocenters. The van der Waals surface area contributed by atoms with Crippen molar-refractivity contribution < 1.29 is 0 Å². The molecular weight excluding hydrogens is 390 g/mol. The fourth-order valence-electron chi connectivity index (χ4n) is 3.04. The van der Waals surface area contributed by atoms with E-state index in [1.165, 1.54) is 6.33 Å². The van der Waals surface area contributed by atoms with E-state index in [0.29, 0.717) is 34.4 Å². The van der Waals surface area contributed by atoms with Crippen molar-refractivity contribution in [3.8, 4) is 11.4 Å². The molecule has 0 fully saturated rings. The number of rotatable bonds is 5. The number of pyridine rings is 1. The number of hydrogen-bond donors (Lipinski definition) is 2. The highest BCUT2D eigenvalue weighted by Gasteiger charge is 2.22. The van der Waals surface area contributed by atoms with Crippen LogP contribution >= 0.6 is 11.6 Å². The van der Waals surface area contributed by atoms with Crippen LogP contribution in [0.4, 0.5) is 17.3 Å². The summed E-state index contributed by atoms with van der Waals surface area (Å²) in [4.78, 5) is 20.3. The van der Waals surface area contributed by atoms with Gasteiger partial charge in [0.1, 0.15) is 23.7 Å². The summed E-state index contributed by atoms with van der Waals surface area (Å²) in [6.07, 6.45) is 5.27. The molecule has 0 amide bonds. The van der Waals surface area contributed by atoms with Crippen LogP contribution < -0.4 is 11.1 Å². The predicted octanol–water partition coefficient (Wildman–Crippen LogP) is 3.93. The largest absolute Gasteiger partial charge is 0.392 e. The van der Waals surface area contributed by atoms with Crippen LogP contribution in [0.1, 0.15) is 24.9 Å². The van der Waals surface area contributed by atoms with E-state index in [0.717, 1.165) is 5.56 Å². The minimum Gasteiger partial charge on any atom is -0.392 e. The van der Waals surface area contributed by atoms with Crippen molar-refractivity contribution in [2.24, 2.45) is 0 Å². The molecule has 144 valence electrons. The summed E-state index contributed by atoms with van der Waals surface area (Å²) in [7, 11) is 0. The van der Waals surface area contributed by atoms with Crippen LogP contribution in [0.3, 0.4) is 0 Å². The number of halogens is 1. The molecule has 4 heterocycles. The molecule has 0 aromatic carbocycles. The maximum absolute atomic E-state index is 7.39. The highest BCUT2D eigenvalue weighted by Crippen LogP contribution is 2.34. The van der Waals surface area contributed by atoms with Crippen LogP contribution in [0.5, 0.6) is 0 Å². The predicted molar refractivity (Wildman–Crippen MR) is 111 cm³/mol. The van der Waals surface area contributed by atoms with Crippen molar-refractivity contribution in [1.29, 1.82) is 0 Å². The minimum absolute atomic E-state index is 0.130. The lowest BCUT2D eigenvalue weighted by atomic mass is 10.0. The summed E-state index contributed by atoms with van der Waals surface area (Å²) in [6.45, 7) is 9.41. The number of fused-ring (bicyclic) bond motifs is 1. The molecule has 3 N–H and O–H groups in total. The van der Waals surface area contributed by atoms with E-state index in [-0.39, 0.29) is 17.5 Å². The average Bonchev–Trinajstić information content (AvgIpc) is 3.11. The average molecular weight is 406 g/mol. The second kappa shape index (κ2) is 7.69. The van der Waals surface area contributed by atoms with Crippen LogP contribution in [-0.4, -0.2) is 29.5 Å². The van der Waals surface area contributed by atoms with Crippen molar-refractivity contribution >= 4 is 34.6 Å². The number of aromatic nitrogens is 6. The van der Waals surface area contributed by atoms with E-state index in [1.54, 1.807) is 16.9 Å². The first-order chi connectivity index (χ1) is 14.1. The van der Waals surface area contributed by atoms with Gasteiger partial charge >= 0.3 is 0 Å². The molecule has 0 aliphatic rings. The molecule has 4 aromatic rings. The molecular formula is C19H16ClN9. The molecule has 1 unspecified atom stereocenters. The second-order valence-electron chi connectivity index (χ2n) is 6.19. The van der Waals surface area contributed by atoms with Gasteiger partial charge < -0.3 is 11.1 Å². The highest BCUT2D eigenvalue weighted by molar-refractivity contribution is 6.29. The first-order valence-electron chi connectivity index (χ1n) is 8.82. The lowest BCUT2D eigenvalue weighted by Crippen LogP contribution is -2.15. The van der Waals surface area contributed by atoms with Gasteiger partial charge in [-0.3, -0.25) is 4.98 Å². The van der Waals surface area contributed by atoms with E-state index in [1.807, 2.05) is 31.2 Å². The third-order valence-corrected chi connectivity index (χ3v) is 4.70. The van der Waals surface area contributed by atoms with Crippen molar-refractivity contribution in [2.45, 2.75) is 19.4 Å². The Hall–Kier alpha value is -3.77. The zero-order valence-electron chi connectivity index (χ0n) is 15.4. The van der Waals surface area contributed by atoms with Crippen LogP contribution in [0, 0.1) is 6.57 Å². The number of nitrogen functional groups attached to an aromatic ring is 1. The smallest absolute Gasteiger partial charge is 0.268 e. The maximum atomic E-state index is 7.39. The minimum atomic E-state index is -0.227. The van der Waals surface area contributed by atoms with Gasteiger partial charge in [0.05, 0.1) is 24.5 Å². The molecule has 0 saturated heterocycles. The van der Waals surface area contributed by atoms with Gasteiger partial charge in [-0.05, 0) is 24.6 Å². The Morgan fingerprint density at radius 3 is 2.86 bits per heavy atom. The molecule has 0 aliphatic carbocycles. The molecule has 4 rings (SSSR count). The van der Waals surface area contributed by atoms with Crippen molar-refractivity contribution in [2.75, 3.05) is 11.1 Å². The van der Waals surface area contributed by atoms with E-state index in [9.17, 15) is 0 Å². The molecule has 0 radical (unpaired) electrons. The quantitative estimate of drug-likeness (QED) is 0.484. The first kappa shape index (κ1) is 18.6. The van der Waals surface area contributed by atoms with E-state index >= 15 is 0 Å². The standard InChI is InChI=1S/C19H16ClN9/c1-3-12(27-19-17(22-2)18(21)25-10-26-19)11-8-15-24-9-14(20)29(15)28-16(11)13-6-4-5-7-23-13/h4-10,12H,3H2,1H3,(H3,21,25,26,27). The number of nitrogens with two attached hydrogens (primary N) is 1. The third kappa shape index (κ3) is 3.41. The van der Waals surface area contributed by atoms with Gasteiger partial charge in [-0.2, -0.15) is 5.10 Å². The lowest BCUT2D eigenvalue weighted by molar-refractivity contribution is 0.735. The zero-order valence-corrected chi connectivity index (χ0v) is 16.2. The zero-order chi connectivity index (χ0) is 20.4. The Kier molecular flexibility index (Phi) is 4.93. The van der Waals surface area contributed by atoms with Gasteiger partial charge in [0.2, 0.25) is 0 Å². The molecule has 0 bridgehead atoms.